The van der Waals surface area contributed by atoms with Gasteiger partial charge in [-0.2, -0.15) is 13.2 Å². The van der Waals surface area contributed by atoms with E-state index in [9.17, 15) is 13.2 Å². The van der Waals surface area contributed by atoms with E-state index in [4.69, 9.17) is 9.47 Å². The van der Waals surface area contributed by atoms with Crippen LogP contribution in [0.1, 0.15) is 36.9 Å². The highest BCUT2D eigenvalue weighted by atomic mass is 19.4. The van der Waals surface area contributed by atoms with Gasteiger partial charge in [0.25, 0.3) is 0 Å². The summed E-state index contributed by atoms with van der Waals surface area (Å²) >= 11 is 0. The standard InChI is InChI=1S/C15H22F3NO2/c1-11(19-8-4-7-15(16,17)18)12-5-6-14(21-3)13(9-12)10-20-2/h5-6,9,11,19H,4,7-8,10H2,1-3H3. The number of halogens is 3. The first-order valence-electron chi connectivity index (χ1n) is 6.83. The lowest BCUT2D eigenvalue weighted by Gasteiger charge is -2.17. The SMILES string of the molecule is COCc1cc(C(C)NCCCC(F)(F)F)ccc1OC. The largest absolute Gasteiger partial charge is 0.496 e. The Kier molecular flexibility index (Phi) is 6.98. The fraction of sp³-hybridized carbons (Fsp3) is 0.600. The maximum absolute atomic E-state index is 12.1. The quantitative estimate of drug-likeness (QED) is 0.740. The van der Waals surface area contributed by atoms with Crippen molar-refractivity contribution in [2.24, 2.45) is 0 Å². The van der Waals surface area contributed by atoms with Crippen molar-refractivity contribution in [3.63, 3.8) is 0 Å². The lowest BCUT2D eigenvalue weighted by Crippen LogP contribution is -2.21. The summed E-state index contributed by atoms with van der Waals surface area (Å²) in [4.78, 5) is 0. The van der Waals surface area contributed by atoms with Crippen LogP contribution in [0.3, 0.4) is 0 Å². The third-order valence-corrected chi connectivity index (χ3v) is 3.19. The Hall–Kier alpha value is -1.27. The summed E-state index contributed by atoms with van der Waals surface area (Å²) in [6.45, 7) is 2.68. The molecule has 0 aromatic heterocycles. The minimum absolute atomic E-state index is 0.0280. The van der Waals surface area contributed by atoms with Crippen LogP contribution in [0.25, 0.3) is 0 Å². The summed E-state index contributed by atoms with van der Waals surface area (Å²) in [5.41, 5.74) is 1.91. The highest BCUT2D eigenvalue weighted by Crippen LogP contribution is 2.24. The molecule has 3 nitrogen and oxygen atoms in total. The number of alkyl halides is 3. The summed E-state index contributed by atoms with van der Waals surface area (Å²) in [5.74, 6) is 0.741. The molecule has 0 aliphatic carbocycles. The molecule has 1 aromatic carbocycles. The number of ether oxygens (including phenoxy) is 2. The summed E-state index contributed by atoms with van der Waals surface area (Å²) in [6.07, 6.45) is -4.77. The Balaban J connectivity index is 2.57. The lowest BCUT2D eigenvalue weighted by atomic mass is 10.0. The fourth-order valence-electron chi connectivity index (χ4n) is 2.06. The van der Waals surface area contributed by atoms with Gasteiger partial charge in [-0.25, -0.2) is 0 Å². The molecule has 120 valence electrons. The van der Waals surface area contributed by atoms with E-state index in [-0.39, 0.29) is 12.5 Å². The minimum atomic E-state index is -4.09. The molecule has 0 bridgehead atoms. The first-order valence-corrected chi connectivity index (χ1v) is 6.83. The van der Waals surface area contributed by atoms with Crippen molar-refractivity contribution in [3.05, 3.63) is 29.3 Å². The molecule has 0 radical (unpaired) electrons. The van der Waals surface area contributed by atoms with Gasteiger partial charge in [-0.3, -0.25) is 0 Å². The van der Waals surface area contributed by atoms with Gasteiger partial charge in [0.15, 0.2) is 0 Å². The van der Waals surface area contributed by atoms with Crippen molar-refractivity contribution >= 4 is 0 Å². The van der Waals surface area contributed by atoms with E-state index in [0.29, 0.717) is 13.2 Å². The summed E-state index contributed by atoms with van der Waals surface area (Å²) < 4.78 is 46.6. The molecule has 1 N–H and O–H groups in total. The average molecular weight is 305 g/mol. The topological polar surface area (TPSA) is 30.5 Å². The van der Waals surface area contributed by atoms with E-state index in [1.165, 1.54) is 0 Å². The van der Waals surface area contributed by atoms with Crippen LogP contribution < -0.4 is 10.1 Å². The van der Waals surface area contributed by atoms with Crippen LogP contribution in [-0.2, 0) is 11.3 Å². The molecule has 0 saturated carbocycles. The summed E-state index contributed by atoms with van der Waals surface area (Å²) in [6, 6.07) is 5.67. The van der Waals surface area contributed by atoms with Gasteiger partial charge in [-0.05, 0) is 37.6 Å². The second-order valence-corrected chi connectivity index (χ2v) is 4.90. The van der Waals surface area contributed by atoms with Crippen LogP contribution in [-0.4, -0.2) is 26.9 Å². The Morgan fingerprint density at radius 2 is 1.95 bits per heavy atom. The van der Waals surface area contributed by atoms with Crippen LogP contribution in [0.15, 0.2) is 18.2 Å². The molecule has 0 amide bonds. The van der Waals surface area contributed by atoms with Crippen LogP contribution >= 0.6 is 0 Å². The number of benzene rings is 1. The fourth-order valence-corrected chi connectivity index (χ4v) is 2.06. The van der Waals surface area contributed by atoms with Crippen molar-refractivity contribution < 1.29 is 22.6 Å². The third-order valence-electron chi connectivity index (χ3n) is 3.19. The molecule has 0 fully saturated rings. The van der Waals surface area contributed by atoms with E-state index in [2.05, 4.69) is 5.32 Å². The number of nitrogens with one attached hydrogen (secondary N) is 1. The first kappa shape index (κ1) is 17.8. The first-order chi connectivity index (χ1) is 9.87. The molecule has 6 heteroatoms. The van der Waals surface area contributed by atoms with Gasteiger partial charge < -0.3 is 14.8 Å². The predicted octanol–water partition coefficient (Wildman–Crippen LogP) is 3.83. The maximum Gasteiger partial charge on any atom is 0.389 e. The highest BCUT2D eigenvalue weighted by molar-refractivity contribution is 5.38. The molecule has 1 aromatic rings. The van der Waals surface area contributed by atoms with Crippen LogP contribution in [0.5, 0.6) is 5.75 Å². The van der Waals surface area contributed by atoms with E-state index in [0.717, 1.165) is 16.9 Å². The zero-order valence-corrected chi connectivity index (χ0v) is 12.6. The molecule has 0 saturated heterocycles. The Morgan fingerprint density at radius 3 is 2.52 bits per heavy atom. The number of hydrogen-bond acceptors (Lipinski definition) is 3. The van der Waals surface area contributed by atoms with Gasteiger partial charge >= 0.3 is 6.18 Å². The summed E-state index contributed by atoms with van der Waals surface area (Å²) in [7, 11) is 3.19. The van der Waals surface area contributed by atoms with Gasteiger partial charge in [0.1, 0.15) is 5.75 Å². The van der Waals surface area contributed by atoms with E-state index < -0.39 is 12.6 Å². The minimum Gasteiger partial charge on any atom is -0.496 e. The zero-order chi connectivity index (χ0) is 15.9. The zero-order valence-electron chi connectivity index (χ0n) is 12.6. The van der Waals surface area contributed by atoms with E-state index in [1.54, 1.807) is 14.2 Å². The van der Waals surface area contributed by atoms with Crippen LogP contribution in [0.2, 0.25) is 0 Å². The lowest BCUT2D eigenvalue weighted by molar-refractivity contribution is -0.135. The van der Waals surface area contributed by atoms with Gasteiger partial charge in [-0.15, -0.1) is 0 Å². The third kappa shape index (κ3) is 6.35. The van der Waals surface area contributed by atoms with Crippen molar-refractivity contribution in [2.45, 2.75) is 38.6 Å². The molecule has 0 aliphatic rings. The molecule has 1 rings (SSSR count). The number of rotatable bonds is 8. The molecule has 0 aliphatic heterocycles. The molecule has 1 atom stereocenters. The molecule has 0 spiro atoms. The van der Waals surface area contributed by atoms with Gasteiger partial charge in [0.2, 0.25) is 0 Å². The molecular weight excluding hydrogens is 283 g/mol. The molecule has 21 heavy (non-hydrogen) atoms. The van der Waals surface area contributed by atoms with Crippen molar-refractivity contribution in [3.8, 4) is 5.75 Å². The van der Waals surface area contributed by atoms with Crippen molar-refractivity contribution in [1.82, 2.24) is 5.32 Å². The monoisotopic (exact) mass is 305 g/mol. The van der Waals surface area contributed by atoms with E-state index in [1.807, 2.05) is 25.1 Å². The smallest absolute Gasteiger partial charge is 0.389 e. The highest BCUT2D eigenvalue weighted by Gasteiger charge is 2.25. The van der Waals surface area contributed by atoms with Gasteiger partial charge in [-0.1, -0.05) is 6.07 Å². The van der Waals surface area contributed by atoms with Crippen molar-refractivity contribution in [1.29, 1.82) is 0 Å². The second kappa shape index (κ2) is 8.24. The maximum atomic E-state index is 12.1. The number of hydrogen-bond donors (Lipinski definition) is 1. The second-order valence-electron chi connectivity index (χ2n) is 4.90. The van der Waals surface area contributed by atoms with Crippen LogP contribution in [0, 0.1) is 0 Å². The van der Waals surface area contributed by atoms with Crippen molar-refractivity contribution in [2.75, 3.05) is 20.8 Å². The Labute approximate surface area is 123 Å². The normalized spacial score (nSPS) is 13.2. The molecule has 1 unspecified atom stereocenters. The molecular formula is C15H22F3NO2. The van der Waals surface area contributed by atoms with Gasteiger partial charge in [0, 0.05) is 25.1 Å². The summed E-state index contributed by atoms with van der Waals surface area (Å²) in [5, 5.41) is 3.10. The Morgan fingerprint density at radius 1 is 1.24 bits per heavy atom. The molecule has 0 heterocycles. The van der Waals surface area contributed by atoms with E-state index >= 15 is 0 Å². The predicted molar refractivity (Wildman–Crippen MR) is 75.4 cm³/mol. The number of methoxy groups -OCH3 is 2. The Bertz CT molecular complexity index is 435. The van der Waals surface area contributed by atoms with Gasteiger partial charge in [0.05, 0.1) is 13.7 Å². The average Bonchev–Trinajstić information content (AvgIpc) is 2.42. The van der Waals surface area contributed by atoms with Crippen LogP contribution in [0.4, 0.5) is 13.2 Å².